The van der Waals surface area contributed by atoms with Crippen LogP contribution in [0.3, 0.4) is 0 Å². The van der Waals surface area contributed by atoms with Crippen molar-refractivity contribution in [3.63, 3.8) is 0 Å². The standard InChI is InChI=1S/C10H7IN2O2.C9H7N/c1-6-9(14)12-13(10(6)15)8-4-2-7(11)3-5-8;1-2-6-9-8(4-1)5-3-7-10-9/h2-5H,1H2,(H,12,14);1-7H. The smallest absolute Gasteiger partial charge is 0.267 e. The maximum absolute atomic E-state index is 11.5. The van der Waals surface area contributed by atoms with E-state index in [2.05, 4.69) is 51.7 Å². The molecule has 0 aliphatic carbocycles. The number of rotatable bonds is 1. The normalized spacial score (nSPS) is 13.5. The molecule has 2 aromatic carbocycles. The Labute approximate surface area is 158 Å². The van der Waals surface area contributed by atoms with Crippen LogP contribution in [0.1, 0.15) is 0 Å². The van der Waals surface area contributed by atoms with E-state index in [0.29, 0.717) is 5.69 Å². The summed E-state index contributed by atoms with van der Waals surface area (Å²) in [5.74, 6) is -0.847. The number of aromatic nitrogens is 1. The minimum atomic E-state index is -0.446. The van der Waals surface area contributed by atoms with Crippen molar-refractivity contribution >= 4 is 51.0 Å². The zero-order valence-corrected chi connectivity index (χ0v) is 15.3. The zero-order chi connectivity index (χ0) is 17.8. The predicted molar refractivity (Wildman–Crippen MR) is 106 cm³/mol. The first-order valence-corrected chi connectivity index (χ1v) is 8.54. The summed E-state index contributed by atoms with van der Waals surface area (Å²) in [6.07, 6.45) is 1.81. The van der Waals surface area contributed by atoms with E-state index in [-0.39, 0.29) is 5.57 Å². The summed E-state index contributed by atoms with van der Waals surface area (Å²) in [5.41, 5.74) is 4.09. The minimum absolute atomic E-state index is 0.0337. The van der Waals surface area contributed by atoms with E-state index < -0.39 is 11.8 Å². The largest absolute Gasteiger partial charge is 0.282 e. The number of fused-ring (bicyclic) bond motifs is 1. The number of pyridine rings is 1. The molecular weight excluding hydrogens is 429 g/mol. The predicted octanol–water partition coefficient (Wildman–Crippen LogP) is 3.46. The lowest BCUT2D eigenvalue weighted by Crippen LogP contribution is -2.35. The van der Waals surface area contributed by atoms with Crippen LogP contribution in [0.5, 0.6) is 0 Å². The Morgan fingerprint density at radius 3 is 2.28 bits per heavy atom. The third-order valence-electron chi connectivity index (χ3n) is 3.55. The lowest BCUT2D eigenvalue weighted by molar-refractivity contribution is -0.117. The molecule has 2 amide bonds. The highest BCUT2D eigenvalue weighted by atomic mass is 127. The number of nitrogens with one attached hydrogen (secondary N) is 1. The second-order valence-electron chi connectivity index (χ2n) is 5.23. The molecule has 1 aromatic heterocycles. The molecule has 0 saturated carbocycles. The lowest BCUT2D eigenvalue weighted by atomic mass is 10.2. The van der Waals surface area contributed by atoms with Gasteiger partial charge in [0, 0.05) is 15.2 Å². The van der Waals surface area contributed by atoms with Gasteiger partial charge < -0.3 is 0 Å². The molecule has 4 rings (SSSR count). The molecule has 2 heterocycles. The number of carbonyl (C=O) groups excluding carboxylic acids is 2. The molecule has 0 atom stereocenters. The minimum Gasteiger partial charge on any atom is -0.267 e. The Hall–Kier alpha value is -2.74. The number of nitrogens with zero attached hydrogens (tertiary/aromatic N) is 2. The maximum atomic E-state index is 11.5. The van der Waals surface area contributed by atoms with Crippen LogP contribution in [0.4, 0.5) is 5.69 Å². The van der Waals surface area contributed by atoms with E-state index in [0.717, 1.165) is 9.09 Å². The van der Waals surface area contributed by atoms with Gasteiger partial charge in [-0.2, -0.15) is 0 Å². The van der Waals surface area contributed by atoms with Crippen molar-refractivity contribution in [2.45, 2.75) is 0 Å². The van der Waals surface area contributed by atoms with Gasteiger partial charge in [0.25, 0.3) is 11.8 Å². The third kappa shape index (κ3) is 3.85. The van der Waals surface area contributed by atoms with E-state index in [9.17, 15) is 9.59 Å². The van der Waals surface area contributed by atoms with Gasteiger partial charge in [-0.05, 0) is 59.0 Å². The molecule has 0 spiro atoms. The highest BCUT2D eigenvalue weighted by molar-refractivity contribution is 14.1. The number of para-hydroxylation sites is 1. The van der Waals surface area contributed by atoms with Gasteiger partial charge in [0.15, 0.2) is 0 Å². The van der Waals surface area contributed by atoms with Crippen molar-refractivity contribution in [3.8, 4) is 0 Å². The molecule has 1 N–H and O–H groups in total. The molecule has 25 heavy (non-hydrogen) atoms. The third-order valence-corrected chi connectivity index (χ3v) is 4.26. The van der Waals surface area contributed by atoms with Crippen molar-refractivity contribution in [1.29, 1.82) is 0 Å². The lowest BCUT2D eigenvalue weighted by Gasteiger charge is -2.14. The molecular formula is C19H14IN3O2. The second kappa shape index (κ2) is 7.43. The van der Waals surface area contributed by atoms with Crippen LogP contribution in [0, 0.1) is 3.57 Å². The van der Waals surface area contributed by atoms with Gasteiger partial charge >= 0.3 is 0 Å². The summed E-state index contributed by atoms with van der Waals surface area (Å²) in [6.45, 7) is 3.40. The van der Waals surface area contributed by atoms with E-state index in [4.69, 9.17) is 0 Å². The number of hydrogen-bond donors (Lipinski definition) is 1. The molecule has 124 valence electrons. The fraction of sp³-hybridized carbons (Fsp3) is 0. The summed E-state index contributed by atoms with van der Waals surface area (Å²) in [6, 6.07) is 19.3. The molecule has 0 bridgehead atoms. The average Bonchev–Trinajstić information content (AvgIpc) is 2.90. The highest BCUT2D eigenvalue weighted by Crippen LogP contribution is 2.19. The Bertz CT molecular complexity index is 889. The summed E-state index contributed by atoms with van der Waals surface area (Å²) in [4.78, 5) is 26.9. The number of anilines is 1. The van der Waals surface area contributed by atoms with Crippen molar-refractivity contribution in [3.05, 3.63) is 82.6 Å². The van der Waals surface area contributed by atoms with Crippen LogP contribution in [0.15, 0.2) is 79.0 Å². The molecule has 1 aliphatic heterocycles. The van der Waals surface area contributed by atoms with Crippen LogP contribution in [-0.4, -0.2) is 16.8 Å². The SMILES string of the molecule is C=C1C(=O)NN(c2ccc(I)cc2)C1=O.c1ccc2ncccc2c1. The summed E-state index contributed by atoms with van der Waals surface area (Å²) in [7, 11) is 0. The summed E-state index contributed by atoms with van der Waals surface area (Å²) < 4.78 is 1.06. The molecule has 5 nitrogen and oxygen atoms in total. The Morgan fingerprint density at radius 2 is 1.64 bits per heavy atom. The second-order valence-corrected chi connectivity index (χ2v) is 6.48. The fourth-order valence-electron chi connectivity index (χ4n) is 2.24. The van der Waals surface area contributed by atoms with Crippen LogP contribution < -0.4 is 10.4 Å². The van der Waals surface area contributed by atoms with Crippen molar-refractivity contribution in [2.75, 3.05) is 5.01 Å². The molecule has 0 radical (unpaired) electrons. The van der Waals surface area contributed by atoms with Crippen molar-refractivity contribution in [1.82, 2.24) is 10.4 Å². The van der Waals surface area contributed by atoms with E-state index >= 15 is 0 Å². The molecule has 1 fully saturated rings. The van der Waals surface area contributed by atoms with Gasteiger partial charge in [0.2, 0.25) is 0 Å². The summed E-state index contributed by atoms with van der Waals surface area (Å²) in [5, 5.41) is 2.39. The molecule has 3 aromatic rings. The quantitative estimate of drug-likeness (QED) is 0.356. The van der Waals surface area contributed by atoms with E-state index in [1.165, 1.54) is 10.4 Å². The first-order chi connectivity index (χ1) is 12.1. The number of carbonyl (C=O) groups is 2. The van der Waals surface area contributed by atoms with Crippen LogP contribution in [0.2, 0.25) is 0 Å². The van der Waals surface area contributed by atoms with Crippen molar-refractivity contribution < 1.29 is 9.59 Å². The van der Waals surface area contributed by atoms with Crippen LogP contribution in [0.25, 0.3) is 10.9 Å². The van der Waals surface area contributed by atoms with Crippen LogP contribution in [-0.2, 0) is 9.59 Å². The molecule has 1 aliphatic rings. The van der Waals surface area contributed by atoms with E-state index in [1.54, 1.807) is 12.1 Å². The van der Waals surface area contributed by atoms with Gasteiger partial charge in [0.05, 0.1) is 11.2 Å². The van der Waals surface area contributed by atoms with Gasteiger partial charge in [-0.3, -0.25) is 20.0 Å². The van der Waals surface area contributed by atoms with Gasteiger partial charge in [0.1, 0.15) is 5.57 Å². The number of hydrogen-bond acceptors (Lipinski definition) is 3. The Kier molecular flexibility index (Phi) is 5.08. The molecule has 0 unspecified atom stereocenters. The highest BCUT2D eigenvalue weighted by Gasteiger charge is 2.32. The number of hydrazine groups is 1. The number of benzene rings is 2. The summed E-state index contributed by atoms with van der Waals surface area (Å²) >= 11 is 2.16. The topological polar surface area (TPSA) is 62.3 Å². The molecule has 1 saturated heterocycles. The van der Waals surface area contributed by atoms with E-state index in [1.807, 2.05) is 42.6 Å². The number of amides is 2. The fourth-order valence-corrected chi connectivity index (χ4v) is 2.60. The number of halogens is 1. The van der Waals surface area contributed by atoms with Gasteiger partial charge in [-0.25, -0.2) is 5.01 Å². The van der Waals surface area contributed by atoms with Crippen LogP contribution >= 0.6 is 22.6 Å². The monoisotopic (exact) mass is 443 g/mol. The first kappa shape index (κ1) is 17.1. The zero-order valence-electron chi connectivity index (χ0n) is 13.1. The maximum Gasteiger partial charge on any atom is 0.282 e. The van der Waals surface area contributed by atoms with Gasteiger partial charge in [-0.1, -0.05) is 30.8 Å². The molecule has 6 heteroatoms. The average molecular weight is 443 g/mol. The first-order valence-electron chi connectivity index (χ1n) is 7.46. The van der Waals surface area contributed by atoms with Gasteiger partial charge in [-0.15, -0.1) is 0 Å². The van der Waals surface area contributed by atoms with Crippen molar-refractivity contribution in [2.24, 2.45) is 0 Å². The Balaban J connectivity index is 0.000000157. The Morgan fingerprint density at radius 1 is 0.960 bits per heavy atom.